The summed E-state index contributed by atoms with van der Waals surface area (Å²) in [7, 11) is 0. The van der Waals surface area contributed by atoms with E-state index in [-0.39, 0.29) is 6.54 Å². The minimum absolute atomic E-state index is 0.136. The second-order valence-electron chi connectivity index (χ2n) is 3.38. The summed E-state index contributed by atoms with van der Waals surface area (Å²) in [6.45, 7) is 0.544. The van der Waals surface area contributed by atoms with E-state index in [9.17, 15) is 14.9 Å². The van der Waals surface area contributed by atoms with Crippen LogP contribution in [0.2, 0.25) is 0 Å². The Balaban J connectivity index is 2.06. The standard InChI is InChI=1S/C9H10N4O3S/c14-9-11(4-2-5-12(9)13(15)16)10-7-8-3-1-6-17-8/h1,3,6-7H,2,4-5H2. The van der Waals surface area contributed by atoms with Gasteiger partial charge in [0, 0.05) is 11.4 Å². The molecule has 7 nitrogen and oxygen atoms in total. The number of carbonyl (C=O) groups is 1. The molecule has 1 aliphatic heterocycles. The molecule has 0 unspecified atom stereocenters. The first kappa shape index (κ1) is 11.5. The summed E-state index contributed by atoms with van der Waals surface area (Å²) < 4.78 is 0. The van der Waals surface area contributed by atoms with Crippen LogP contribution in [0.25, 0.3) is 0 Å². The smallest absolute Gasteiger partial charge is 0.241 e. The lowest BCUT2D eigenvalue weighted by Crippen LogP contribution is -2.49. The van der Waals surface area contributed by atoms with Gasteiger partial charge >= 0.3 is 6.03 Å². The average molecular weight is 254 g/mol. The van der Waals surface area contributed by atoms with Crippen molar-refractivity contribution in [2.45, 2.75) is 6.42 Å². The number of rotatable bonds is 3. The number of nitro groups is 1. The van der Waals surface area contributed by atoms with Crippen LogP contribution in [-0.2, 0) is 0 Å². The van der Waals surface area contributed by atoms with Crippen molar-refractivity contribution in [3.63, 3.8) is 0 Å². The fourth-order valence-electron chi connectivity index (χ4n) is 1.44. The Hall–Kier alpha value is -1.96. The zero-order valence-electron chi connectivity index (χ0n) is 8.85. The Bertz CT molecular complexity index is 445. The van der Waals surface area contributed by atoms with E-state index in [0.29, 0.717) is 18.0 Å². The van der Waals surface area contributed by atoms with Crippen LogP contribution < -0.4 is 0 Å². The highest BCUT2D eigenvalue weighted by atomic mass is 32.1. The van der Waals surface area contributed by atoms with E-state index in [1.807, 2.05) is 17.5 Å². The van der Waals surface area contributed by atoms with Gasteiger partial charge in [0.1, 0.15) is 0 Å². The highest BCUT2D eigenvalue weighted by Crippen LogP contribution is 2.11. The second-order valence-corrected chi connectivity index (χ2v) is 4.36. The van der Waals surface area contributed by atoms with Crippen molar-refractivity contribution in [2.75, 3.05) is 13.1 Å². The highest BCUT2D eigenvalue weighted by molar-refractivity contribution is 7.11. The average Bonchev–Trinajstić information content (AvgIpc) is 2.80. The van der Waals surface area contributed by atoms with Gasteiger partial charge in [0.05, 0.1) is 12.8 Å². The van der Waals surface area contributed by atoms with Crippen LogP contribution >= 0.6 is 11.3 Å². The Morgan fingerprint density at radius 1 is 1.53 bits per heavy atom. The van der Waals surface area contributed by atoms with E-state index in [4.69, 9.17) is 0 Å². The Kier molecular flexibility index (Phi) is 3.33. The van der Waals surface area contributed by atoms with Gasteiger partial charge in [0.25, 0.3) is 0 Å². The van der Waals surface area contributed by atoms with Gasteiger partial charge in [-0.1, -0.05) is 6.07 Å². The van der Waals surface area contributed by atoms with Crippen LogP contribution in [0, 0.1) is 10.1 Å². The molecule has 0 aromatic carbocycles. The van der Waals surface area contributed by atoms with Crippen molar-refractivity contribution in [1.82, 2.24) is 10.0 Å². The fourth-order valence-corrected chi connectivity index (χ4v) is 2.02. The number of urea groups is 1. The van der Waals surface area contributed by atoms with Crippen LogP contribution in [0.1, 0.15) is 11.3 Å². The summed E-state index contributed by atoms with van der Waals surface area (Å²) in [5.74, 6) is 0. The van der Waals surface area contributed by atoms with E-state index in [1.165, 1.54) is 17.6 Å². The van der Waals surface area contributed by atoms with Gasteiger partial charge < -0.3 is 0 Å². The van der Waals surface area contributed by atoms with Gasteiger partial charge in [-0.15, -0.1) is 11.3 Å². The maximum absolute atomic E-state index is 11.6. The molecule has 1 aromatic heterocycles. The molecule has 0 atom stereocenters. The minimum Gasteiger partial charge on any atom is -0.241 e. The van der Waals surface area contributed by atoms with E-state index < -0.39 is 11.1 Å². The first-order chi connectivity index (χ1) is 8.18. The maximum Gasteiger partial charge on any atom is 0.398 e. The molecule has 2 amide bonds. The van der Waals surface area contributed by atoms with Crippen molar-refractivity contribution in [3.05, 3.63) is 32.5 Å². The number of hydrazone groups is 1. The Labute approximate surface area is 101 Å². The molecule has 0 saturated carbocycles. The zero-order valence-corrected chi connectivity index (χ0v) is 9.67. The summed E-state index contributed by atoms with van der Waals surface area (Å²) in [5, 5.41) is 17.4. The molecular weight excluding hydrogens is 244 g/mol. The molecule has 17 heavy (non-hydrogen) atoms. The largest absolute Gasteiger partial charge is 0.398 e. The molecule has 8 heteroatoms. The topological polar surface area (TPSA) is 79.0 Å². The second kappa shape index (κ2) is 4.91. The number of carbonyl (C=O) groups excluding carboxylic acids is 1. The van der Waals surface area contributed by atoms with Crippen LogP contribution in [-0.4, -0.2) is 40.4 Å². The number of thiophene rings is 1. The lowest BCUT2D eigenvalue weighted by atomic mass is 10.3. The van der Waals surface area contributed by atoms with Crippen LogP contribution in [0.15, 0.2) is 22.6 Å². The van der Waals surface area contributed by atoms with Gasteiger partial charge in [-0.05, 0) is 22.9 Å². The number of hydrogen-bond donors (Lipinski definition) is 0. The maximum atomic E-state index is 11.6. The first-order valence-corrected chi connectivity index (χ1v) is 5.87. The normalized spacial score (nSPS) is 16.8. The van der Waals surface area contributed by atoms with E-state index in [1.54, 1.807) is 0 Å². The minimum atomic E-state index is -0.699. The predicted molar refractivity (Wildman–Crippen MR) is 62.3 cm³/mol. The molecule has 0 spiro atoms. The predicted octanol–water partition coefficient (Wildman–Crippen LogP) is 1.40. The van der Waals surface area contributed by atoms with Gasteiger partial charge in [-0.2, -0.15) is 5.10 Å². The number of hydrogen-bond acceptors (Lipinski definition) is 5. The summed E-state index contributed by atoms with van der Waals surface area (Å²) >= 11 is 1.49. The highest BCUT2D eigenvalue weighted by Gasteiger charge is 2.33. The van der Waals surface area contributed by atoms with Crippen molar-refractivity contribution in [2.24, 2.45) is 5.10 Å². The molecule has 2 rings (SSSR count). The molecule has 1 aromatic rings. The van der Waals surface area contributed by atoms with Crippen molar-refractivity contribution in [3.8, 4) is 0 Å². The molecule has 0 radical (unpaired) electrons. The molecular formula is C9H10N4O3S. The molecule has 1 fully saturated rings. The van der Waals surface area contributed by atoms with Gasteiger partial charge in [0.2, 0.25) is 0 Å². The molecule has 1 aliphatic rings. The van der Waals surface area contributed by atoms with Crippen LogP contribution in [0.5, 0.6) is 0 Å². The summed E-state index contributed by atoms with van der Waals surface area (Å²) in [6.07, 6.45) is 2.07. The Morgan fingerprint density at radius 2 is 2.35 bits per heavy atom. The summed E-state index contributed by atoms with van der Waals surface area (Å²) in [4.78, 5) is 23.1. The molecule has 0 bridgehead atoms. The van der Waals surface area contributed by atoms with Gasteiger partial charge in [-0.3, -0.25) is 0 Å². The number of hydrazine groups is 1. The molecule has 90 valence electrons. The number of amides is 2. The third kappa shape index (κ3) is 2.59. The Morgan fingerprint density at radius 3 is 3.00 bits per heavy atom. The number of nitrogens with zero attached hydrogens (tertiary/aromatic N) is 4. The van der Waals surface area contributed by atoms with Gasteiger partial charge in [-0.25, -0.2) is 19.9 Å². The summed E-state index contributed by atoms with van der Waals surface area (Å²) in [6, 6.07) is 3.04. The lowest BCUT2D eigenvalue weighted by molar-refractivity contribution is -0.635. The molecule has 1 saturated heterocycles. The first-order valence-electron chi connectivity index (χ1n) is 4.99. The SMILES string of the molecule is O=C1N(N=Cc2cccs2)CCCN1[N+](=O)[O-]. The quantitative estimate of drug-likeness (QED) is 0.464. The third-order valence-corrected chi connectivity index (χ3v) is 3.05. The third-order valence-electron chi connectivity index (χ3n) is 2.25. The van der Waals surface area contributed by atoms with Gasteiger partial charge in [0.15, 0.2) is 5.03 Å². The van der Waals surface area contributed by atoms with E-state index in [2.05, 4.69) is 5.10 Å². The summed E-state index contributed by atoms with van der Waals surface area (Å²) in [5.41, 5.74) is 0. The van der Waals surface area contributed by atoms with Crippen molar-refractivity contribution >= 4 is 23.6 Å². The van der Waals surface area contributed by atoms with E-state index in [0.717, 1.165) is 9.89 Å². The molecule has 2 heterocycles. The molecule has 0 aliphatic carbocycles. The zero-order chi connectivity index (χ0) is 12.3. The van der Waals surface area contributed by atoms with Crippen molar-refractivity contribution < 1.29 is 9.83 Å². The van der Waals surface area contributed by atoms with E-state index >= 15 is 0 Å². The monoisotopic (exact) mass is 254 g/mol. The van der Waals surface area contributed by atoms with Crippen LogP contribution in [0.3, 0.4) is 0 Å². The molecule has 0 N–H and O–H groups in total. The van der Waals surface area contributed by atoms with Crippen molar-refractivity contribution in [1.29, 1.82) is 0 Å². The van der Waals surface area contributed by atoms with Crippen LogP contribution in [0.4, 0.5) is 4.79 Å². The fraction of sp³-hybridized carbons (Fsp3) is 0.333. The lowest BCUT2D eigenvalue weighted by Gasteiger charge is -2.25.